The van der Waals surface area contributed by atoms with Crippen molar-refractivity contribution >= 4 is 21.8 Å². The van der Waals surface area contributed by atoms with Gasteiger partial charge in [0.15, 0.2) is 11.6 Å². The molecule has 0 radical (unpaired) electrons. The summed E-state index contributed by atoms with van der Waals surface area (Å²) in [6.45, 7) is 0.202. The highest BCUT2D eigenvalue weighted by atomic mass is 32.2. The molecule has 2 aliphatic carbocycles. The second-order valence-corrected chi connectivity index (χ2v) is 10.2. The van der Waals surface area contributed by atoms with E-state index in [4.69, 9.17) is 0 Å². The lowest BCUT2D eigenvalue weighted by Crippen LogP contribution is -2.35. The zero-order valence-corrected chi connectivity index (χ0v) is 18.7. The number of halogens is 2. The molecule has 0 unspecified atom stereocenters. The molecule has 0 bridgehead atoms. The van der Waals surface area contributed by atoms with Crippen molar-refractivity contribution in [1.29, 1.82) is 0 Å². The quantitative estimate of drug-likeness (QED) is 0.550. The van der Waals surface area contributed by atoms with Gasteiger partial charge in [-0.25, -0.2) is 21.9 Å². The van der Waals surface area contributed by atoms with E-state index in [-0.39, 0.29) is 36.9 Å². The molecule has 2 fully saturated rings. The minimum absolute atomic E-state index is 0.0682. The molecule has 0 aliphatic heterocycles. The predicted octanol–water partition coefficient (Wildman–Crippen LogP) is 2.72. The maximum atomic E-state index is 13.3. The van der Waals surface area contributed by atoms with Crippen LogP contribution >= 0.6 is 0 Å². The van der Waals surface area contributed by atoms with Gasteiger partial charge in [-0.1, -0.05) is 12.1 Å². The highest BCUT2D eigenvalue weighted by Gasteiger charge is 2.32. The molecule has 10 heteroatoms. The van der Waals surface area contributed by atoms with Crippen LogP contribution in [-0.2, 0) is 21.4 Å². The van der Waals surface area contributed by atoms with Crippen molar-refractivity contribution in [2.75, 3.05) is 6.54 Å². The molecule has 4 rings (SSSR count). The molecule has 33 heavy (non-hydrogen) atoms. The van der Waals surface area contributed by atoms with Gasteiger partial charge in [0.25, 0.3) is 5.91 Å². The highest BCUT2D eigenvalue weighted by molar-refractivity contribution is 7.89. The van der Waals surface area contributed by atoms with Crippen LogP contribution in [0.25, 0.3) is 0 Å². The van der Waals surface area contributed by atoms with E-state index in [1.165, 1.54) is 0 Å². The number of hydrogen-bond acceptors (Lipinski definition) is 4. The average molecular weight is 478 g/mol. The van der Waals surface area contributed by atoms with Gasteiger partial charge < -0.3 is 10.2 Å². The lowest BCUT2D eigenvalue weighted by Gasteiger charge is -2.23. The number of benzene rings is 2. The van der Waals surface area contributed by atoms with Gasteiger partial charge in [0, 0.05) is 37.2 Å². The molecule has 2 N–H and O–H groups in total. The van der Waals surface area contributed by atoms with Crippen molar-refractivity contribution in [2.45, 2.75) is 55.6 Å². The van der Waals surface area contributed by atoms with Gasteiger partial charge in [-0.2, -0.15) is 0 Å². The Labute approximate surface area is 191 Å². The minimum Gasteiger partial charge on any atom is -0.349 e. The largest absolute Gasteiger partial charge is 0.349 e. The third-order valence-electron chi connectivity index (χ3n) is 5.62. The summed E-state index contributed by atoms with van der Waals surface area (Å²) in [5, 5.41) is 2.93. The van der Waals surface area contributed by atoms with Crippen molar-refractivity contribution in [3.8, 4) is 0 Å². The topological polar surface area (TPSA) is 95.6 Å². The number of sulfonamides is 1. The summed E-state index contributed by atoms with van der Waals surface area (Å²) in [6.07, 6.45) is 3.72. The molecule has 0 aromatic heterocycles. The first-order valence-corrected chi connectivity index (χ1v) is 12.4. The van der Waals surface area contributed by atoms with Crippen LogP contribution in [0.5, 0.6) is 0 Å². The molecule has 2 aromatic rings. The van der Waals surface area contributed by atoms with E-state index < -0.39 is 26.6 Å². The maximum Gasteiger partial charge on any atom is 0.251 e. The number of hydrogen-bond donors (Lipinski definition) is 2. The molecule has 0 atom stereocenters. The lowest BCUT2D eigenvalue weighted by atomic mass is 10.1. The number of nitrogens with one attached hydrogen (secondary N) is 2. The SMILES string of the molecule is O=C(NC1CC1)c1ccc(CN(C(=O)CCNS(=O)(=O)c2ccc(F)c(F)c2)C2CC2)cc1. The summed E-state index contributed by atoms with van der Waals surface area (Å²) in [5.41, 5.74) is 1.45. The van der Waals surface area contributed by atoms with E-state index in [9.17, 15) is 26.8 Å². The predicted molar refractivity (Wildman–Crippen MR) is 117 cm³/mol. The number of carbonyl (C=O) groups is 2. The Morgan fingerprint density at radius 1 is 0.970 bits per heavy atom. The fourth-order valence-electron chi connectivity index (χ4n) is 3.43. The normalized spacial score (nSPS) is 15.8. The van der Waals surface area contributed by atoms with E-state index in [2.05, 4.69) is 10.0 Å². The molecule has 2 amide bonds. The Kier molecular flexibility index (Phi) is 6.76. The fourth-order valence-corrected chi connectivity index (χ4v) is 4.47. The molecule has 0 heterocycles. The van der Waals surface area contributed by atoms with Crippen LogP contribution in [0.2, 0.25) is 0 Å². The van der Waals surface area contributed by atoms with E-state index >= 15 is 0 Å². The third-order valence-corrected chi connectivity index (χ3v) is 7.08. The summed E-state index contributed by atoms with van der Waals surface area (Å²) in [5.74, 6) is -2.71. The fraction of sp³-hybridized carbons (Fsp3) is 0.391. The van der Waals surface area contributed by atoms with Gasteiger partial charge >= 0.3 is 0 Å². The van der Waals surface area contributed by atoms with E-state index in [0.717, 1.165) is 43.4 Å². The zero-order valence-electron chi connectivity index (χ0n) is 17.9. The smallest absolute Gasteiger partial charge is 0.251 e. The lowest BCUT2D eigenvalue weighted by molar-refractivity contribution is -0.132. The first-order valence-electron chi connectivity index (χ1n) is 10.9. The van der Waals surface area contributed by atoms with Crippen molar-refractivity contribution in [1.82, 2.24) is 14.9 Å². The number of amides is 2. The Hall–Kier alpha value is -2.85. The maximum absolute atomic E-state index is 13.3. The monoisotopic (exact) mass is 477 g/mol. The van der Waals surface area contributed by atoms with Crippen molar-refractivity contribution in [3.63, 3.8) is 0 Å². The van der Waals surface area contributed by atoms with Crippen LogP contribution in [0, 0.1) is 11.6 Å². The second-order valence-electron chi connectivity index (χ2n) is 8.42. The van der Waals surface area contributed by atoms with Gasteiger partial charge in [-0.15, -0.1) is 0 Å². The van der Waals surface area contributed by atoms with Gasteiger partial charge in [0.05, 0.1) is 4.90 Å². The molecular weight excluding hydrogens is 452 g/mol. The van der Waals surface area contributed by atoms with Crippen LogP contribution in [-0.4, -0.2) is 43.8 Å². The number of nitrogens with zero attached hydrogens (tertiary/aromatic N) is 1. The van der Waals surface area contributed by atoms with Gasteiger partial charge in [-0.3, -0.25) is 9.59 Å². The van der Waals surface area contributed by atoms with Crippen LogP contribution in [0.3, 0.4) is 0 Å². The standard InChI is InChI=1S/C23H25F2N3O4S/c24-20-10-9-19(13-21(20)25)33(31,32)26-12-11-22(29)28(18-7-8-18)14-15-1-3-16(4-2-15)23(30)27-17-5-6-17/h1-4,9-10,13,17-18,26H,5-8,11-12,14H2,(H,27,30). The number of carbonyl (C=O) groups excluding carboxylic acids is 2. The molecule has 0 saturated heterocycles. The van der Waals surface area contributed by atoms with Crippen LogP contribution in [0.1, 0.15) is 48.0 Å². The number of rotatable bonds is 10. The summed E-state index contributed by atoms with van der Waals surface area (Å²) in [4.78, 5) is 26.2. The first kappa shape index (κ1) is 23.3. The van der Waals surface area contributed by atoms with Crippen molar-refractivity contribution < 1.29 is 26.8 Å². The minimum atomic E-state index is -4.07. The molecule has 7 nitrogen and oxygen atoms in total. The molecule has 0 spiro atoms. The van der Waals surface area contributed by atoms with Gasteiger partial charge in [0.2, 0.25) is 15.9 Å². The molecule has 2 aliphatic rings. The average Bonchev–Trinajstić information content (AvgIpc) is 3.69. The third kappa shape index (κ3) is 6.14. The second kappa shape index (κ2) is 9.56. The Bertz CT molecular complexity index is 1150. The highest BCUT2D eigenvalue weighted by Crippen LogP contribution is 2.29. The van der Waals surface area contributed by atoms with E-state index in [1.54, 1.807) is 17.0 Å². The van der Waals surface area contributed by atoms with Crippen LogP contribution < -0.4 is 10.0 Å². The summed E-state index contributed by atoms with van der Waals surface area (Å²) in [6, 6.07) is 9.80. The van der Waals surface area contributed by atoms with Crippen LogP contribution in [0.15, 0.2) is 47.4 Å². The van der Waals surface area contributed by atoms with Crippen LogP contribution in [0.4, 0.5) is 8.78 Å². The summed E-state index contributed by atoms with van der Waals surface area (Å²) < 4.78 is 53.2. The van der Waals surface area contributed by atoms with Crippen molar-refractivity contribution in [2.24, 2.45) is 0 Å². The van der Waals surface area contributed by atoms with E-state index in [0.29, 0.717) is 18.2 Å². The first-order chi connectivity index (χ1) is 15.7. The Morgan fingerprint density at radius 2 is 1.67 bits per heavy atom. The summed E-state index contributed by atoms with van der Waals surface area (Å²) >= 11 is 0. The molecule has 176 valence electrons. The Balaban J connectivity index is 1.32. The van der Waals surface area contributed by atoms with Gasteiger partial charge in [0.1, 0.15) is 0 Å². The molecule has 2 saturated carbocycles. The molecule has 2 aromatic carbocycles. The molecular formula is C23H25F2N3O4S. The van der Waals surface area contributed by atoms with E-state index in [1.807, 2.05) is 12.1 Å². The van der Waals surface area contributed by atoms with Crippen molar-refractivity contribution in [3.05, 3.63) is 65.2 Å². The Morgan fingerprint density at radius 3 is 2.27 bits per heavy atom. The summed E-state index contributed by atoms with van der Waals surface area (Å²) in [7, 11) is -4.07. The van der Waals surface area contributed by atoms with Gasteiger partial charge in [-0.05, 0) is 61.6 Å². The zero-order chi connectivity index (χ0) is 23.6.